The van der Waals surface area contributed by atoms with Gasteiger partial charge in [0.25, 0.3) is 5.91 Å². The van der Waals surface area contributed by atoms with Crippen molar-refractivity contribution < 1.29 is 14.6 Å². The third kappa shape index (κ3) is 2.31. The van der Waals surface area contributed by atoms with Crippen molar-refractivity contribution in [1.82, 2.24) is 9.88 Å². The second kappa shape index (κ2) is 5.14. The Labute approximate surface area is 118 Å². The maximum atomic E-state index is 12.5. The first kappa shape index (κ1) is 13.5. The highest BCUT2D eigenvalue weighted by Crippen LogP contribution is 2.35. The van der Waals surface area contributed by atoms with Gasteiger partial charge in [-0.1, -0.05) is 6.07 Å². The molecule has 20 heavy (non-hydrogen) atoms. The monoisotopic (exact) mass is 276 g/mol. The summed E-state index contributed by atoms with van der Waals surface area (Å²) in [5.41, 5.74) is 0.742. The predicted molar refractivity (Wildman–Crippen MR) is 73.4 cm³/mol. The van der Waals surface area contributed by atoms with E-state index in [0.717, 1.165) is 18.5 Å². The van der Waals surface area contributed by atoms with Crippen LogP contribution in [0.15, 0.2) is 18.2 Å². The highest BCUT2D eigenvalue weighted by atomic mass is 16.5. The van der Waals surface area contributed by atoms with Crippen molar-refractivity contribution in [3.63, 3.8) is 0 Å². The van der Waals surface area contributed by atoms with Crippen molar-refractivity contribution in [3.05, 3.63) is 29.6 Å². The number of amides is 1. The van der Waals surface area contributed by atoms with Gasteiger partial charge in [0.1, 0.15) is 11.3 Å². The summed E-state index contributed by atoms with van der Waals surface area (Å²) >= 11 is 0. The minimum absolute atomic E-state index is 0.0736. The van der Waals surface area contributed by atoms with Crippen molar-refractivity contribution in [2.24, 2.45) is 0 Å². The van der Waals surface area contributed by atoms with Crippen molar-refractivity contribution in [3.8, 4) is 0 Å². The molecule has 1 spiro atoms. The first-order valence-electron chi connectivity index (χ1n) is 7.16. The quantitative estimate of drug-likeness (QED) is 0.835. The predicted octanol–water partition coefficient (Wildman–Crippen LogP) is 1.15. The lowest BCUT2D eigenvalue weighted by atomic mass is 9.87. The van der Waals surface area contributed by atoms with Gasteiger partial charge >= 0.3 is 0 Å². The number of hydrogen-bond acceptors (Lipinski definition) is 4. The molecule has 0 aromatic carbocycles. The molecule has 0 bridgehead atoms. The molecule has 2 saturated heterocycles. The van der Waals surface area contributed by atoms with Gasteiger partial charge in [0.15, 0.2) is 0 Å². The Hall–Kier alpha value is -1.46. The van der Waals surface area contributed by atoms with Gasteiger partial charge in [-0.25, -0.2) is 4.98 Å². The van der Waals surface area contributed by atoms with Crippen LogP contribution in [0.5, 0.6) is 0 Å². The van der Waals surface area contributed by atoms with E-state index in [9.17, 15) is 9.90 Å². The molecule has 5 nitrogen and oxygen atoms in total. The van der Waals surface area contributed by atoms with Crippen LogP contribution in [-0.2, 0) is 4.74 Å². The lowest BCUT2D eigenvalue weighted by Gasteiger charge is -2.43. The fourth-order valence-corrected chi connectivity index (χ4v) is 3.15. The molecule has 2 atom stereocenters. The summed E-state index contributed by atoms with van der Waals surface area (Å²) in [5, 5.41) is 10.2. The van der Waals surface area contributed by atoms with E-state index in [-0.39, 0.29) is 5.91 Å². The molecule has 0 unspecified atom stereocenters. The van der Waals surface area contributed by atoms with Crippen LogP contribution in [-0.4, -0.2) is 52.3 Å². The Kier molecular flexibility index (Phi) is 3.48. The number of likely N-dealkylation sites (tertiary alicyclic amines) is 1. The second-order valence-electron chi connectivity index (χ2n) is 5.71. The molecular weight excluding hydrogens is 256 g/mol. The van der Waals surface area contributed by atoms with Crippen molar-refractivity contribution >= 4 is 5.91 Å². The third-order valence-electron chi connectivity index (χ3n) is 4.27. The molecule has 2 aliphatic heterocycles. The number of ether oxygens (including phenoxy) is 1. The highest BCUT2D eigenvalue weighted by Gasteiger charge is 2.47. The normalized spacial score (nSPS) is 29.9. The summed E-state index contributed by atoms with van der Waals surface area (Å²) in [4.78, 5) is 18.6. The summed E-state index contributed by atoms with van der Waals surface area (Å²) < 4.78 is 5.77. The molecule has 5 heteroatoms. The van der Waals surface area contributed by atoms with E-state index in [1.165, 1.54) is 0 Å². The maximum Gasteiger partial charge on any atom is 0.272 e. The minimum Gasteiger partial charge on any atom is -0.390 e. The Balaban J connectivity index is 1.79. The number of aliphatic hydroxyl groups is 1. The van der Waals surface area contributed by atoms with E-state index in [2.05, 4.69) is 4.98 Å². The lowest BCUT2D eigenvalue weighted by Crippen LogP contribution is -2.57. The molecule has 3 rings (SSSR count). The molecule has 1 amide bonds. The van der Waals surface area contributed by atoms with Gasteiger partial charge in [-0.2, -0.15) is 0 Å². The van der Waals surface area contributed by atoms with Crippen LogP contribution in [0.3, 0.4) is 0 Å². The van der Waals surface area contributed by atoms with Gasteiger partial charge in [-0.3, -0.25) is 4.79 Å². The van der Waals surface area contributed by atoms with Gasteiger partial charge in [0.05, 0.1) is 12.6 Å². The zero-order valence-corrected chi connectivity index (χ0v) is 11.7. The molecule has 2 aliphatic rings. The number of aliphatic hydroxyl groups excluding tert-OH is 1. The average Bonchev–Trinajstić information content (AvgIpc) is 2.91. The molecule has 3 heterocycles. The number of piperidine rings is 1. The summed E-state index contributed by atoms with van der Waals surface area (Å²) in [6.45, 7) is 3.56. The summed E-state index contributed by atoms with van der Waals surface area (Å²) in [5.74, 6) is -0.0736. The van der Waals surface area contributed by atoms with Gasteiger partial charge < -0.3 is 14.7 Å². The van der Waals surface area contributed by atoms with Gasteiger partial charge in [0.2, 0.25) is 0 Å². The average molecular weight is 276 g/mol. The van der Waals surface area contributed by atoms with Gasteiger partial charge in [0, 0.05) is 18.8 Å². The zero-order chi connectivity index (χ0) is 14.2. The molecule has 0 aliphatic carbocycles. The van der Waals surface area contributed by atoms with E-state index in [4.69, 9.17) is 4.74 Å². The van der Waals surface area contributed by atoms with E-state index in [1.807, 2.05) is 19.1 Å². The van der Waals surface area contributed by atoms with Crippen LogP contribution in [0.1, 0.15) is 35.4 Å². The van der Waals surface area contributed by atoms with Crippen molar-refractivity contribution in [1.29, 1.82) is 0 Å². The number of aromatic nitrogens is 1. The molecule has 1 N–H and O–H groups in total. The van der Waals surface area contributed by atoms with Crippen LogP contribution < -0.4 is 0 Å². The highest BCUT2D eigenvalue weighted by molar-refractivity contribution is 5.92. The van der Waals surface area contributed by atoms with Gasteiger partial charge in [-0.15, -0.1) is 0 Å². The Morgan fingerprint density at radius 2 is 2.40 bits per heavy atom. The zero-order valence-electron chi connectivity index (χ0n) is 11.7. The summed E-state index contributed by atoms with van der Waals surface area (Å²) in [6, 6.07) is 5.46. The lowest BCUT2D eigenvalue weighted by molar-refractivity contribution is -0.124. The number of hydrogen-bond donors (Lipinski definition) is 1. The summed E-state index contributed by atoms with van der Waals surface area (Å²) in [6.07, 6.45) is 1.86. The number of carbonyl (C=O) groups excluding carboxylic acids is 1. The Morgan fingerprint density at radius 3 is 3.10 bits per heavy atom. The van der Waals surface area contributed by atoms with Crippen LogP contribution in [0, 0.1) is 6.92 Å². The van der Waals surface area contributed by atoms with E-state index in [0.29, 0.717) is 31.8 Å². The topological polar surface area (TPSA) is 62.7 Å². The van der Waals surface area contributed by atoms with Gasteiger partial charge in [-0.05, 0) is 38.3 Å². The maximum absolute atomic E-state index is 12.5. The molecule has 0 radical (unpaired) electrons. The fourth-order valence-electron chi connectivity index (χ4n) is 3.15. The number of carbonyl (C=O) groups is 1. The molecule has 2 fully saturated rings. The van der Waals surface area contributed by atoms with E-state index < -0.39 is 11.7 Å². The smallest absolute Gasteiger partial charge is 0.272 e. The SMILES string of the molecule is Cc1cccc(C(=O)N2CC[C@H](O)[C@]3(CCCO3)C2)n1. The Bertz CT molecular complexity index is 512. The largest absolute Gasteiger partial charge is 0.390 e. The van der Waals surface area contributed by atoms with Crippen LogP contribution >= 0.6 is 0 Å². The standard InChI is InChI=1S/C15H20N2O3/c1-11-4-2-5-12(16-11)14(19)17-8-6-13(18)15(10-17)7-3-9-20-15/h2,4-5,13,18H,3,6-10H2,1H3/t13-,15-/m0/s1. The van der Waals surface area contributed by atoms with Crippen molar-refractivity contribution in [2.45, 2.75) is 37.9 Å². The number of nitrogens with zero attached hydrogens (tertiary/aromatic N) is 2. The third-order valence-corrected chi connectivity index (χ3v) is 4.27. The Morgan fingerprint density at radius 1 is 1.55 bits per heavy atom. The molecule has 108 valence electrons. The number of rotatable bonds is 1. The molecule has 1 aromatic heterocycles. The van der Waals surface area contributed by atoms with E-state index >= 15 is 0 Å². The van der Waals surface area contributed by atoms with Crippen molar-refractivity contribution in [2.75, 3.05) is 19.7 Å². The van der Waals surface area contributed by atoms with Crippen LogP contribution in [0.2, 0.25) is 0 Å². The van der Waals surface area contributed by atoms with Crippen LogP contribution in [0.4, 0.5) is 0 Å². The number of pyridine rings is 1. The molecular formula is C15H20N2O3. The molecule has 0 saturated carbocycles. The minimum atomic E-state index is -0.558. The summed E-state index contributed by atoms with van der Waals surface area (Å²) in [7, 11) is 0. The van der Waals surface area contributed by atoms with E-state index in [1.54, 1.807) is 11.0 Å². The number of aryl methyl sites for hydroxylation is 1. The molecule has 1 aromatic rings. The second-order valence-corrected chi connectivity index (χ2v) is 5.71. The fraction of sp³-hybridized carbons (Fsp3) is 0.600. The van der Waals surface area contributed by atoms with Crippen LogP contribution in [0.25, 0.3) is 0 Å². The first-order chi connectivity index (χ1) is 9.61. The first-order valence-corrected chi connectivity index (χ1v) is 7.16.